The van der Waals surface area contributed by atoms with Crippen molar-refractivity contribution in [2.75, 3.05) is 26.7 Å². The number of amides is 2. The number of hydrogen-bond donors (Lipinski definition) is 1. The van der Waals surface area contributed by atoms with Crippen molar-refractivity contribution in [2.45, 2.75) is 13.0 Å². The molecule has 1 atom stereocenters. The Morgan fingerprint density at radius 3 is 2.81 bits per heavy atom. The molecule has 5 rings (SSSR count). The molecule has 7 nitrogen and oxygen atoms in total. The maximum Gasteiger partial charge on any atom is 0.254 e. The van der Waals surface area contributed by atoms with Crippen LogP contribution in [0, 0.1) is 6.92 Å². The fraction of sp³-hybridized carbons (Fsp3) is 0.240. The lowest BCUT2D eigenvalue weighted by Crippen LogP contribution is -2.42. The van der Waals surface area contributed by atoms with Crippen LogP contribution in [0.4, 0.5) is 0 Å². The number of carbonyl (C=O) groups is 2. The third-order valence-electron chi connectivity index (χ3n) is 5.78. The van der Waals surface area contributed by atoms with E-state index >= 15 is 0 Å². The summed E-state index contributed by atoms with van der Waals surface area (Å²) in [7, 11) is 1.60. The Hall–Kier alpha value is -3.71. The molecule has 1 N–H and O–H groups in total. The summed E-state index contributed by atoms with van der Waals surface area (Å²) in [5.74, 6) is 0.564. The molecule has 1 unspecified atom stereocenters. The SMILES string of the molecule is CNC(=O)c1cc(C2CN(C(=O)c3ccc4oc(C)cc4c3)CCO2)nc2ccccc12. The highest BCUT2D eigenvalue weighted by Gasteiger charge is 2.28. The van der Waals surface area contributed by atoms with Gasteiger partial charge in [-0.2, -0.15) is 0 Å². The number of morpholine rings is 1. The van der Waals surface area contributed by atoms with Gasteiger partial charge >= 0.3 is 0 Å². The molecule has 0 spiro atoms. The number of nitrogens with one attached hydrogen (secondary N) is 1. The summed E-state index contributed by atoms with van der Waals surface area (Å²) < 4.78 is 11.6. The fourth-order valence-corrected chi connectivity index (χ4v) is 4.19. The Balaban J connectivity index is 1.44. The first-order chi connectivity index (χ1) is 15.5. The van der Waals surface area contributed by atoms with Gasteiger partial charge in [0.15, 0.2) is 0 Å². The number of hydrogen-bond acceptors (Lipinski definition) is 5. The van der Waals surface area contributed by atoms with E-state index in [9.17, 15) is 9.59 Å². The van der Waals surface area contributed by atoms with Crippen LogP contribution >= 0.6 is 0 Å². The number of aromatic nitrogens is 1. The normalized spacial score (nSPS) is 16.4. The van der Waals surface area contributed by atoms with Gasteiger partial charge in [-0.05, 0) is 43.3 Å². The van der Waals surface area contributed by atoms with Gasteiger partial charge in [-0.1, -0.05) is 18.2 Å². The summed E-state index contributed by atoms with van der Waals surface area (Å²) in [5.41, 5.74) is 3.27. The molecule has 1 fully saturated rings. The van der Waals surface area contributed by atoms with Crippen LogP contribution in [0.15, 0.2) is 59.0 Å². The average Bonchev–Trinajstić information content (AvgIpc) is 3.21. The Morgan fingerprint density at radius 2 is 1.97 bits per heavy atom. The molecule has 2 aromatic carbocycles. The Kier molecular flexibility index (Phi) is 5.11. The van der Waals surface area contributed by atoms with E-state index in [0.29, 0.717) is 36.5 Å². The maximum atomic E-state index is 13.2. The molecule has 32 heavy (non-hydrogen) atoms. The highest BCUT2D eigenvalue weighted by Crippen LogP contribution is 2.27. The third kappa shape index (κ3) is 3.61. The number of nitrogens with zero attached hydrogens (tertiary/aromatic N) is 2. The van der Waals surface area contributed by atoms with Crippen LogP contribution in [-0.4, -0.2) is 48.4 Å². The largest absolute Gasteiger partial charge is 0.461 e. The van der Waals surface area contributed by atoms with Gasteiger partial charge in [0.05, 0.1) is 29.9 Å². The highest BCUT2D eigenvalue weighted by molar-refractivity contribution is 6.06. The molecular formula is C25H23N3O4. The third-order valence-corrected chi connectivity index (χ3v) is 5.78. The lowest BCUT2D eigenvalue weighted by Gasteiger charge is -2.33. The summed E-state index contributed by atoms with van der Waals surface area (Å²) >= 11 is 0. The van der Waals surface area contributed by atoms with E-state index in [1.54, 1.807) is 24.1 Å². The molecule has 2 aromatic heterocycles. The quantitative estimate of drug-likeness (QED) is 0.535. The number of pyridine rings is 1. The Labute approximate surface area is 185 Å². The molecule has 0 saturated carbocycles. The van der Waals surface area contributed by atoms with Crippen molar-refractivity contribution in [3.8, 4) is 0 Å². The van der Waals surface area contributed by atoms with Crippen LogP contribution in [-0.2, 0) is 4.74 Å². The number of benzene rings is 2. The maximum absolute atomic E-state index is 13.2. The molecule has 1 aliphatic rings. The number of fused-ring (bicyclic) bond motifs is 2. The van der Waals surface area contributed by atoms with Gasteiger partial charge < -0.3 is 19.4 Å². The number of furan rings is 1. The molecule has 162 valence electrons. The number of carbonyl (C=O) groups excluding carboxylic acids is 2. The minimum absolute atomic E-state index is 0.0635. The topological polar surface area (TPSA) is 84.7 Å². The summed E-state index contributed by atoms with van der Waals surface area (Å²) in [6, 6.07) is 16.7. The first kappa shape index (κ1) is 20.2. The van der Waals surface area contributed by atoms with E-state index in [1.165, 1.54) is 0 Å². The fourth-order valence-electron chi connectivity index (χ4n) is 4.19. The van der Waals surface area contributed by atoms with Crippen molar-refractivity contribution in [1.82, 2.24) is 15.2 Å². The molecule has 0 bridgehead atoms. The Morgan fingerprint density at radius 1 is 1.12 bits per heavy atom. The summed E-state index contributed by atoms with van der Waals surface area (Å²) in [6.07, 6.45) is -0.416. The van der Waals surface area contributed by atoms with Gasteiger partial charge in [0.25, 0.3) is 11.8 Å². The lowest BCUT2D eigenvalue weighted by atomic mass is 10.0. The summed E-state index contributed by atoms with van der Waals surface area (Å²) in [5, 5.41) is 4.38. The first-order valence-corrected chi connectivity index (χ1v) is 10.6. The van der Waals surface area contributed by atoms with Crippen LogP contribution < -0.4 is 5.32 Å². The van der Waals surface area contributed by atoms with Crippen molar-refractivity contribution in [3.05, 3.63) is 77.2 Å². The van der Waals surface area contributed by atoms with Gasteiger partial charge in [0.2, 0.25) is 0 Å². The second-order valence-electron chi connectivity index (χ2n) is 7.91. The van der Waals surface area contributed by atoms with Gasteiger partial charge in [0.1, 0.15) is 17.4 Å². The van der Waals surface area contributed by atoms with E-state index in [2.05, 4.69) is 5.32 Å². The van der Waals surface area contributed by atoms with Gasteiger partial charge in [-0.15, -0.1) is 0 Å². The van der Waals surface area contributed by atoms with Crippen LogP contribution in [0.3, 0.4) is 0 Å². The summed E-state index contributed by atoms with van der Waals surface area (Å²) in [6.45, 7) is 3.14. The molecule has 1 aliphatic heterocycles. The van der Waals surface area contributed by atoms with Crippen molar-refractivity contribution >= 4 is 33.7 Å². The number of ether oxygens (including phenoxy) is 1. The van der Waals surface area contributed by atoms with E-state index in [-0.39, 0.29) is 11.8 Å². The zero-order chi connectivity index (χ0) is 22.2. The number of para-hydroxylation sites is 1. The first-order valence-electron chi connectivity index (χ1n) is 10.6. The molecule has 2 amide bonds. The molecule has 4 aromatic rings. The van der Waals surface area contributed by atoms with Crippen LogP contribution in [0.1, 0.15) is 38.3 Å². The van der Waals surface area contributed by atoms with Crippen molar-refractivity contribution in [2.24, 2.45) is 0 Å². The second-order valence-corrected chi connectivity index (χ2v) is 7.91. The van der Waals surface area contributed by atoms with Crippen LogP contribution in [0.25, 0.3) is 21.9 Å². The second kappa shape index (κ2) is 8.09. The van der Waals surface area contributed by atoms with Gasteiger partial charge in [0, 0.05) is 29.9 Å². The standard InChI is InChI=1S/C25H23N3O4/c1-15-11-17-12-16(7-8-22(17)32-15)25(30)28-9-10-31-23(14-28)21-13-19(24(29)26-2)18-5-3-4-6-20(18)27-21/h3-8,11-13,23H,9-10,14H2,1-2H3,(H,26,29). The minimum Gasteiger partial charge on any atom is -0.461 e. The Bertz CT molecular complexity index is 1340. The smallest absolute Gasteiger partial charge is 0.254 e. The number of aryl methyl sites for hydroxylation is 1. The molecule has 0 radical (unpaired) electrons. The van der Waals surface area contributed by atoms with Crippen LogP contribution in [0.2, 0.25) is 0 Å². The highest BCUT2D eigenvalue weighted by atomic mass is 16.5. The monoisotopic (exact) mass is 429 g/mol. The van der Waals surface area contributed by atoms with Gasteiger partial charge in [-0.3, -0.25) is 9.59 Å². The van der Waals surface area contributed by atoms with E-state index in [1.807, 2.05) is 49.4 Å². The molecule has 1 saturated heterocycles. The average molecular weight is 429 g/mol. The van der Waals surface area contributed by atoms with Crippen LogP contribution in [0.5, 0.6) is 0 Å². The predicted octanol–water partition coefficient (Wildman–Crippen LogP) is 3.86. The molecular weight excluding hydrogens is 406 g/mol. The molecule has 0 aliphatic carbocycles. The molecule has 7 heteroatoms. The summed E-state index contributed by atoms with van der Waals surface area (Å²) in [4.78, 5) is 32.2. The predicted molar refractivity (Wildman–Crippen MR) is 121 cm³/mol. The van der Waals surface area contributed by atoms with E-state index in [4.69, 9.17) is 14.1 Å². The van der Waals surface area contributed by atoms with Crippen molar-refractivity contribution < 1.29 is 18.7 Å². The number of rotatable bonds is 3. The van der Waals surface area contributed by atoms with E-state index < -0.39 is 6.10 Å². The van der Waals surface area contributed by atoms with Gasteiger partial charge in [-0.25, -0.2) is 4.98 Å². The zero-order valence-corrected chi connectivity index (χ0v) is 17.9. The zero-order valence-electron chi connectivity index (χ0n) is 17.9. The van der Waals surface area contributed by atoms with Crippen molar-refractivity contribution in [3.63, 3.8) is 0 Å². The van der Waals surface area contributed by atoms with E-state index in [0.717, 1.165) is 27.6 Å². The van der Waals surface area contributed by atoms with Crippen molar-refractivity contribution in [1.29, 1.82) is 0 Å². The lowest BCUT2D eigenvalue weighted by molar-refractivity contribution is -0.0246. The minimum atomic E-state index is -0.416. The molecule has 3 heterocycles.